The highest BCUT2D eigenvalue weighted by Crippen LogP contribution is 2.25. The molecule has 0 radical (unpaired) electrons. The zero-order valence-electron chi connectivity index (χ0n) is 7.15. The molecule has 0 unspecified atom stereocenters. The predicted octanol–water partition coefficient (Wildman–Crippen LogP) is 2.08. The van der Waals surface area contributed by atoms with Gasteiger partial charge in [-0.05, 0) is 24.6 Å². The fourth-order valence-electron chi connectivity index (χ4n) is 0.959. The van der Waals surface area contributed by atoms with E-state index in [1.165, 1.54) is 12.1 Å². The number of hydrogen-bond donors (Lipinski definition) is 1. The summed E-state index contributed by atoms with van der Waals surface area (Å²) >= 11 is 4.08. The molecular weight excluding hydrogens is 242 g/mol. The van der Waals surface area contributed by atoms with Gasteiger partial charge in [-0.1, -0.05) is 0 Å². The third-order valence-corrected chi connectivity index (χ3v) is 3.52. The van der Waals surface area contributed by atoms with Crippen LogP contribution in [-0.4, -0.2) is 8.42 Å². The summed E-state index contributed by atoms with van der Waals surface area (Å²) < 4.78 is 22.1. The molecule has 0 aliphatic rings. The van der Waals surface area contributed by atoms with E-state index in [1.54, 1.807) is 13.0 Å². The van der Waals surface area contributed by atoms with Crippen molar-refractivity contribution >= 4 is 32.4 Å². The summed E-state index contributed by atoms with van der Waals surface area (Å²) in [7, 11) is 1.29. The van der Waals surface area contributed by atoms with E-state index >= 15 is 0 Å². The van der Waals surface area contributed by atoms with Crippen LogP contribution in [0, 0.1) is 18.3 Å². The van der Waals surface area contributed by atoms with Gasteiger partial charge in [0.2, 0.25) is 0 Å². The van der Waals surface area contributed by atoms with E-state index in [2.05, 4.69) is 12.6 Å². The Balaban J connectivity index is 3.61. The van der Waals surface area contributed by atoms with Crippen molar-refractivity contribution in [2.24, 2.45) is 0 Å². The number of hydrogen-bond acceptors (Lipinski definition) is 4. The SMILES string of the molecule is Cc1cc(S(=O)(=O)Cl)c(C#N)cc1S. The van der Waals surface area contributed by atoms with Gasteiger partial charge in [-0.15, -0.1) is 12.6 Å². The largest absolute Gasteiger partial charge is 0.262 e. The molecule has 0 aliphatic heterocycles. The lowest BCUT2D eigenvalue weighted by molar-refractivity contribution is 0.609. The number of benzene rings is 1. The van der Waals surface area contributed by atoms with Gasteiger partial charge in [0.25, 0.3) is 9.05 Å². The van der Waals surface area contributed by atoms with Gasteiger partial charge in [-0.25, -0.2) is 8.42 Å². The van der Waals surface area contributed by atoms with E-state index in [4.69, 9.17) is 15.9 Å². The molecule has 0 bridgehead atoms. The molecule has 0 saturated carbocycles. The van der Waals surface area contributed by atoms with Crippen molar-refractivity contribution in [3.05, 3.63) is 23.3 Å². The average Bonchev–Trinajstić information content (AvgIpc) is 2.07. The predicted molar refractivity (Wildman–Crippen MR) is 56.2 cm³/mol. The maximum absolute atomic E-state index is 11.1. The van der Waals surface area contributed by atoms with Crippen molar-refractivity contribution < 1.29 is 8.42 Å². The van der Waals surface area contributed by atoms with Crippen molar-refractivity contribution in [1.82, 2.24) is 0 Å². The second kappa shape index (κ2) is 3.81. The zero-order valence-corrected chi connectivity index (χ0v) is 9.62. The molecule has 0 amide bonds. The highest BCUT2D eigenvalue weighted by Gasteiger charge is 2.16. The summed E-state index contributed by atoms with van der Waals surface area (Å²) in [6.45, 7) is 1.69. The summed E-state index contributed by atoms with van der Waals surface area (Å²) in [6.07, 6.45) is 0. The van der Waals surface area contributed by atoms with Crippen molar-refractivity contribution in [3.8, 4) is 6.07 Å². The number of thiol groups is 1. The van der Waals surface area contributed by atoms with E-state index in [0.717, 1.165) is 0 Å². The second-order valence-electron chi connectivity index (χ2n) is 2.68. The van der Waals surface area contributed by atoms with Crippen LogP contribution in [0.25, 0.3) is 0 Å². The third-order valence-electron chi connectivity index (χ3n) is 1.68. The highest BCUT2D eigenvalue weighted by molar-refractivity contribution is 8.13. The Hall–Kier alpha value is -0.700. The first kappa shape index (κ1) is 11.4. The average molecular weight is 248 g/mol. The number of aryl methyl sites for hydroxylation is 1. The first-order valence-corrected chi connectivity index (χ1v) is 6.30. The van der Waals surface area contributed by atoms with Gasteiger partial charge in [0.1, 0.15) is 11.0 Å². The normalized spacial score (nSPS) is 11.0. The topological polar surface area (TPSA) is 57.9 Å². The van der Waals surface area contributed by atoms with E-state index in [1.807, 2.05) is 0 Å². The van der Waals surface area contributed by atoms with Crippen molar-refractivity contribution in [2.45, 2.75) is 16.7 Å². The fourth-order valence-corrected chi connectivity index (χ4v) is 2.22. The van der Waals surface area contributed by atoms with Crippen LogP contribution in [0.3, 0.4) is 0 Å². The molecule has 14 heavy (non-hydrogen) atoms. The Bertz CT molecular complexity index is 517. The molecule has 6 heteroatoms. The van der Waals surface area contributed by atoms with Crippen LogP contribution in [0.15, 0.2) is 21.9 Å². The van der Waals surface area contributed by atoms with Crippen molar-refractivity contribution in [1.29, 1.82) is 5.26 Å². The molecule has 0 atom stereocenters. The number of nitriles is 1. The minimum Gasteiger partial charge on any atom is -0.207 e. The van der Waals surface area contributed by atoms with Gasteiger partial charge >= 0.3 is 0 Å². The molecule has 74 valence electrons. The molecule has 0 aliphatic carbocycles. The smallest absolute Gasteiger partial charge is 0.207 e. The molecule has 0 heterocycles. The summed E-state index contributed by atoms with van der Waals surface area (Å²) in [5, 5.41) is 8.69. The molecule has 0 spiro atoms. The Kier molecular flexibility index (Phi) is 3.10. The number of rotatable bonds is 1. The van der Waals surface area contributed by atoms with Crippen LogP contribution >= 0.6 is 23.3 Å². The fraction of sp³-hybridized carbons (Fsp3) is 0.125. The highest BCUT2D eigenvalue weighted by atomic mass is 35.7. The third kappa shape index (κ3) is 2.21. The first-order chi connectivity index (χ1) is 6.36. The van der Waals surface area contributed by atoms with Crippen LogP contribution in [0.4, 0.5) is 0 Å². The molecule has 1 rings (SSSR count). The molecular formula is C8H6ClNO2S2. The summed E-state index contributed by atoms with van der Waals surface area (Å²) in [4.78, 5) is 0.391. The Labute approximate surface area is 92.1 Å². The molecule has 0 fully saturated rings. The molecule has 1 aromatic rings. The monoisotopic (exact) mass is 247 g/mol. The zero-order chi connectivity index (χ0) is 10.9. The van der Waals surface area contributed by atoms with E-state index in [9.17, 15) is 8.42 Å². The number of halogens is 1. The van der Waals surface area contributed by atoms with Crippen molar-refractivity contribution in [3.63, 3.8) is 0 Å². The van der Waals surface area contributed by atoms with Gasteiger partial charge in [0.05, 0.1) is 5.56 Å². The lowest BCUT2D eigenvalue weighted by Crippen LogP contribution is -1.96. The van der Waals surface area contributed by atoms with Crippen LogP contribution in [0.1, 0.15) is 11.1 Å². The van der Waals surface area contributed by atoms with E-state index < -0.39 is 9.05 Å². The standard InChI is InChI=1S/C8H6ClNO2S2/c1-5-2-8(14(9,11)12)6(4-10)3-7(5)13/h2-3,13H,1H3. The van der Waals surface area contributed by atoms with Gasteiger partial charge in [-0.2, -0.15) is 5.26 Å². The van der Waals surface area contributed by atoms with Crippen LogP contribution in [0.2, 0.25) is 0 Å². The molecule has 1 aromatic carbocycles. The Morgan fingerprint density at radius 3 is 2.50 bits per heavy atom. The Morgan fingerprint density at radius 1 is 1.50 bits per heavy atom. The summed E-state index contributed by atoms with van der Waals surface area (Å²) in [5.41, 5.74) is 0.669. The first-order valence-electron chi connectivity index (χ1n) is 3.54. The maximum Gasteiger partial charge on any atom is 0.262 e. The van der Waals surface area contributed by atoms with E-state index in [0.29, 0.717) is 10.5 Å². The quantitative estimate of drug-likeness (QED) is 0.611. The molecule has 0 aromatic heterocycles. The van der Waals surface area contributed by atoms with Gasteiger partial charge in [0, 0.05) is 15.6 Å². The van der Waals surface area contributed by atoms with E-state index in [-0.39, 0.29) is 10.5 Å². The summed E-state index contributed by atoms with van der Waals surface area (Å²) in [6, 6.07) is 4.48. The van der Waals surface area contributed by atoms with Gasteiger partial charge in [-0.3, -0.25) is 0 Å². The second-order valence-corrected chi connectivity index (χ2v) is 5.70. The maximum atomic E-state index is 11.1. The lowest BCUT2D eigenvalue weighted by Gasteiger charge is -2.03. The minimum absolute atomic E-state index is 0.00981. The summed E-state index contributed by atoms with van der Waals surface area (Å²) in [5.74, 6) is 0. The number of nitrogens with zero attached hydrogens (tertiary/aromatic N) is 1. The molecule has 0 N–H and O–H groups in total. The van der Waals surface area contributed by atoms with Crippen LogP contribution < -0.4 is 0 Å². The lowest BCUT2D eigenvalue weighted by atomic mass is 10.2. The van der Waals surface area contributed by atoms with Crippen molar-refractivity contribution in [2.75, 3.05) is 0 Å². The van der Waals surface area contributed by atoms with Crippen LogP contribution in [-0.2, 0) is 9.05 Å². The molecule has 0 saturated heterocycles. The van der Waals surface area contributed by atoms with Gasteiger partial charge in [0.15, 0.2) is 0 Å². The van der Waals surface area contributed by atoms with Crippen LogP contribution in [0.5, 0.6) is 0 Å². The van der Waals surface area contributed by atoms with Gasteiger partial charge < -0.3 is 0 Å². The molecule has 3 nitrogen and oxygen atoms in total. The Morgan fingerprint density at radius 2 is 2.07 bits per heavy atom. The minimum atomic E-state index is -3.87.